The second-order valence-corrected chi connectivity index (χ2v) is 6.63. The van der Waals surface area contributed by atoms with Gasteiger partial charge in [0.15, 0.2) is 12.2 Å². The zero-order valence-corrected chi connectivity index (χ0v) is 12.4. The summed E-state index contributed by atoms with van der Waals surface area (Å²) in [5, 5.41) is 3.69. The lowest BCUT2D eigenvalue weighted by atomic mass is 9.57. The van der Waals surface area contributed by atoms with Gasteiger partial charge in [0.25, 0.3) is 0 Å². The maximum atomic E-state index is 5.84. The molecule has 110 valence electrons. The number of ether oxygens (including phenoxy) is 1. The molecule has 2 fully saturated rings. The highest BCUT2D eigenvalue weighted by molar-refractivity contribution is 5.61. The van der Waals surface area contributed by atoms with E-state index in [1.54, 1.807) is 6.20 Å². The molecule has 0 bridgehead atoms. The smallest absolute Gasteiger partial charge is 0.181 e. The molecule has 1 saturated heterocycles. The number of nitrogens with one attached hydrogen (secondary N) is 1. The number of anilines is 1. The number of hydrogen-bond donors (Lipinski definition) is 1. The quantitative estimate of drug-likeness (QED) is 0.936. The van der Waals surface area contributed by atoms with E-state index in [0.717, 1.165) is 23.6 Å². The Labute approximate surface area is 124 Å². The molecule has 4 heteroatoms. The van der Waals surface area contributed by atoms with Crippen molar-refractivity contribution >= 4 is 5.69 Å². The summed E-state index contributed by atoms with van der Waals surface area (Å²) in [7, 11) is 0. The zero-order valence-electron chi connectivity index (χ0n) is 12.4. The first-order chi connectivity index (χ1) is 10.2. The van der Waals surface area contributed by atoms with Gasteiger partial charge in [0, 0.05) is 35.2 Å². The Morgan fingerprint density at radius 2 is 2.05 bits per heavy atom. The van der Waals surface area contributed by atoms with Gasteiger partial charge in [-0.2, -0.15) is 0 Å². The highest BCUT2D eigenvalue weighted by Crippen LogP contribution is 2.53. The second kappa shape index (κ2) is 4.60. The standard InChI is InChI=1S/C17H20N2O2/c1-17(2)15(13-7-8-20-16(13)17)19-12-5-3-11(4-6-12)14-9-18-10-21-14/h3-6,9-10,13,15-16,19H,7-8H2,1-2H3. The Bertz CT molecular complexity index is 619. The first-order valence-corrected chi connectivity index (χ1v) is 7.53. The normalized spacial score (nSPS) is 29.7. The molecule has 1 N–H and O–H groups in total. The predicted octanol–water partition coefficient (Wildman–Crippen LogP) is 3.57. The maximum Gasteiger partial charge on any atom is 0.181 e. The van der Waals surface area contributed by atoms with Crippen LogP contribution in [0.3, 0.4) is 0 Å². The van der Waals surface area contributed by atoms with Gasteiger partial charge in [-0.25, -0.2) is 4.98 Å². The van der Waals surface area contributed by atoms with E-state index in [4.69, 9.17) is 9.15 Å². The van der Waals surface area contributed by atoms with E-state index in [2.05, 4.69) is 48.4 Å². The number of rotatable bonds is 3. The van der Waals surface area contributed by atoms with Gasteiger partial charge in [-0.1, -0.05) is 13.8 Å². The molecular weight excluding hydrogens is 264 g/mol. The van der Waals surface area contributed by atoms with Crippen molar-refractivity contribution in [2.24, 2.45) is 11.3 Å². The number of oxazole rings is 1. The SMILES string of the molecule is CC1(C)C(Nc2ccc(-c3cnco3)cc2)C2CCOC21. The summed E-state index contributed by atoms with van der Waals surface area (Å²) < 4.78 is 11.2. The van der Waals surface area contributed by atoms with E-state index in [1.807, 2.05) is 0 Å². The summed E-state index contributed by atoms with van der Waals surface area (Å²) in [5.41, 5.74) is 2.40. The van der Waals surface area contributed by atoms with Crippen molar-refractivity contribution in [2.75, 3.05) is 11.9 Å². The minimum absolute atomic E-state index is 0.199. The van der Waals surface area contributed by atoms with Crippen LogP contribution in [0.4, 0.5) is 5.69 Å². The Morgan fingerprint density at radius 1 is 1.24 bits per heavy atom. The molecule has 1 saturated carbocycles. The molecule has 0 spiro atoms. The molecule has 1 aromatic heterocycles. The Kier molecular flexibility index (Phi) is 2.82. The molecule has 2 aliphatic rings. The van der Waals surface area contributed by atoms with Crippen molar-refractivity contribution in [2.45, 2.75) is 32.4 Å². The van der Waals surface area contributed by atoms with Crippen LogP contribution in [0.2, 0.25) is 0 Å². The summed E-state index contributed by atoms with van der Waals surface area (Å²) >= 11 is 0. The van der Waals surface area contributed by atoms with Gasteiger partial charge in [0.2, 0.25) is 0 Å². The number of fused-ring (bicyclic) bond motifs is 1. The molecule has 1 aliphatic carbocycles. The van der Waals surface area contributed by atoms with Crippen LogP contribution in [-0.4, -0.2) is 23.7 Å². The summed E-state index contributed by atoms with van der Waals surface area (Å²) in [5.74, 6) is 1.45. The van der Waals surface area contributed by atoms with Crippen LogP contribution in [0.25, 0.3) is 11.3 Å². The molecule has 4 rings (SSSR count). The number of aromatic nitrogens is 1. The molecular formula is C17H20N2O2. The van der Waals surface area contributed by atoms with Crippen molar-refractivity contribution in [1.82, 2.24) is 4.98 Å². The zero-order chi connectivity index (χ0) is 14.4. The summed E-state index contributed by atoms with van der Waals surface area (Å²) in [4.78, 5) is 3.95. The van der Waals surface area contributed by atoms with Gasteiger partial charge >= 0.3 is 0 Å². The van der Waals surface area contributed by atoms with Gasteiger partial charge in [0.1, 0.15) is 0 Å². The van der Waals surface area contributed by atoms with Crippen molar-refractivity contribution in [3.8, 4) is 11.3 Å². The van der Waals surface area contributed by atoms with Crippen LogP contribution < -0.4 is 5.32 Å². The second-order valence-electron chi connectivity index (χ2n) is 6.63. The van der Waals surface area contributed by atoms with E-state index >= 15 is 0 Å². The fourth-order valence-corrected chi connectivity index (χ4v) is 3.89. The lowest BCUT2D eigenvalue weighted by Crippen LogP contribution is -2.63. The van der Waals surface area contributed by atoms with E-state index in [1.165, 1.54) is 12.8 Å². The number of benzene rings is 1. The van der Waals surface area contributed by atoms with Crippen molar-refractivity contribution in [1.29, 1.82) is 0 Å². The number of hydrogen-bond acceptors (Lipinski definition) is 4. The third-order valence-corrected chi connectivity index (χ3v) is 5.02. The molecule has 21 heavy (non-hydrogen) atoms. The van der Waals surface area contributed by atoms with Crippen LogP contribution >= 0.6 is 0 Å². The molecule has 0 radical (unpaired) electrons. The summed E-state index contributed by atoms with van der Waals surface area (Å²) in [6, 6.07) is 8.84. The summed E-state index contributed by atoms with van der Waals surface area (Å²) in [6.45, 7) is 5.49. The van der Waals surface area contributed by atoms with E-state index < -0.39 is 0 Å². The Hall–Kier alpha value is -1.81. The molecule has 3 unspecified atom stereocenters. The third kappa shape index (κ3) is 1.97. The minimum atomic E-state index is 0.199. The molecule has 0 amide bonds. The number of nitrogens with zero attached hydrogens (tertiary/aromatic N) is 1. The van der Waals surface area contributed by atoms with E-state index in [-0.39, 0.29) is 5.41 Å². The van der Waals surface area contributed by atoms with Crippen molar-refractivity contribution in [3.05, 3.63) is 36.9 Å². The van der Waals surface area contributed by atoms with Gasteiger partial charge in [-0.3, -0.25) is 0 Å². The average molecular weight is 284 g/mol. The lowest BCUT2D eigenvalue weighted by molar-refractivity contribution is -0.0923. The highest BCUT2D eigenvalue weighted by atomic mass is 16.5. The molecule has 2 heterocycles. The van der Waals surface area contributed by atoms with Crippen LogP contribution in [-0.2, 0) is 4.74 Å². The fourth-order valence-electron chi connectivity index (χ4n) is 3.89. The van der Waals surface area contributed by atoms with Gasteiger partial charge in [-0.05, 0) is 30.7 Å². The van der Waals surface area contributed by atoms with Crippen molar-refractivity contribution in [3.63, 3.8) is 0 Å². The topological polar surface area (TPSA) is 47.3 Å². The molecule has 4 nitrogen and oxygen atoms in total. The minimum Gasteiger partial charge on any atom is -0.444 e. The predicted molar refractivity (Wildman–Crippen MR) is 81.0 cm³/mol. The van der Waals surface area contributed by atoms with E-state index in [9.17, 15) is 0 Å². The molecule has 1 aromatic carbocycles. The monoisotopic (exact) mass is 284 g/mol. The molecule has 2 aromatic rings. The van der Waals surface area contributed by atoms with Crippen LogP contribution in [0, 0.1) is 11.3 Å². The lowest BCUT2D eigenvalue weighted by Gasteiger charge is -2.55. The van der Waals surface area contributed by atoms with E-state index in [0.29, 0.717) is 18.1 Å². The fraction of sp³-hybridized carbons (Fsp3) is 0.471. The Balaban J connectivity index is 1.50. The van der Waals surface area contributed by atoms with Crippen LogP contribution in [0.15, 0.2) is 41.3 Å². The van der Waals surface area contributed by atoms with Gasteiger partial charge < -0.3 is 14.5 Å². The maximum absolute atomic E-state index is 5.84. The average Bonchev–Trinajstić information content (AvgIpc) is 3.16. The highest BCUT2D eigenvalue weighted by Gasteiger charge is 2.59. The van der Waals surface area contributed by atoms with Gasteiger partial charge in [0.05, 0.1) is 12.3 Å². The van der Waals surface area contributed by atoms with Crippen LogP contribution in [0.5, 0.6) is 0 Å². The largest absolute Gasteiger partial charge is 0.444 e. The first kappa shape index (κ1) is 12.9. The molecule has 3 atom stereocenters. The van der Waals surface area contributed by atoms with Gasteiger partial charge in [-0.15, -0.1) is 0 Å². The first-order valence-electron chi connectivity index (χ1n) is 7.53. The van der Waals surface area contributed by atoms with Crippen LogP contribution in [0.1, 0.15) is 20.3 Å². The van der Waals surface area contributed by atoms with Crippen molar-refractivity contribution < 1.29 is 9.15 Å². The Morgan fingerprint density at radius 3 is 2.76 bits per heavy atom. The molecule has 1 aliphatic heterocycles. The third-order valence-electron chi connectivity index (χ3n) is 5.02. The summed E-state index contributed by atoms with van der Waals surface area (Å²) in [6.07, 6.45) is 4.78.